The van der Waals surface area contributed by atoms with E-state index in [4.69, 9.17) is 0 Å². The zero-order valence-corrected chi connectivity index (χ0v) is 21.7. The maximum atomic E-state index is 2.77. The molecule has 0 aromatic heterocycles. The van der Waals surface area contributed by atoms with Crippen molar-refractivity contribution in [3.8, 4) is 0 Å². The molecule has 30 heavy (non-hydrogen) atoms. The second-order valence-corrected chi connectivity index (χ2v) is 13.7. The highest BCUT2D eigenvalue weighted by Crippen LogP contribution is 2.74. The van der Waals surface area contributed by atoms with Gasteiger partial charge in [0.15, 0.2) is 0 Å². The Bertz CT molecular complexity index is 666. The molecule has 0 aromatic rings. The molecule has 0 N–H and O–H groups in total. The van der Waals surface area contributed by atoms with Crippen LogP contribution in [0.2, 0.25) is 0 Å². The Balaban J connectivity index is 1.55. The van der Waals surface area contributed by atoms with Gasteiger partial charge < -0.3 is 0 Å². The Kier molecular flexibility index (Phi) is 6.07. The monoisotopic (exact) mass is 412 g/mol. The van der Waals surface area contributed by atoms with E-state index in [1.54, 1.807) is 5.57 Å². The van der Waals surface area contributed by atoms with Crippen LogP contribution >= 0.6 is 0 Å². The molecule has 172 valence electrons. The first-order valence-electron chi connectivity index (χ1n) is 13.7. The van der Waals surface area contributed by atoms with Crippen molar-refractivity contribution in [2.45, 2.75) is 126 Å². The van der Waals surface area contributed by atoms with Crippen molar-refractivity contribution in [1.29, 1.82) is 0 Å². The molecule has 0 bridgehead atoms. The van der Waals surface area contributed by atoms with Crippen LogP contribution < -0.4 is 0 Å². The molecule has 4 aliphatic carbocycles. The van der Waals surface area contributed by atoms with Crippen LogP contribution in [0, 0.1) is 51.8 Å². The van der Waals surface area contributed by atoms with Crippen molar-refractivity contribution in [3.05, 3.63) is 11.1 Å². The molecule has 0 amide bonds. The molecule has 0 aromatic carbocycles. The van der Waals surface area contributed by atoms with Crippen LogP contribution in [0.5, 0.6) is 0 Å². The predicted octanol–water partition coefficient (Wildman–Crippen LogP) is 9.44. The average Bonchev–Trinajstić information content (AvgIpc) is 3.15. The minimum atomic E-state index is 0.590. The zero-order chi connectivity index (χ0) is 21.9. The summed E-state index contributed by atoms with van der Waals surface area (Å²) in [5.41, 5.74) is 5.28. The van der Waals surface area contributed by atoms with Crippen LogP contribution in [-0.2, 0) is 0 Å². The molecule has 0 saturated heterocycles. The standard InChI is InChI=1S/C30H52/c1-20(2)10-9-11-22(5)24-15-18-30(8)27-13-12-25-23(21(3)4)14-17-28(25,6)26(27)16-19-29(24,30)7/h20,22,24-27H,9-19H2,1-8H3. The summed E-state index contributed by atoms with van der Waals surface area (Å²) in [4.78, 5) is 0. The van der Waals surface area contributed by atoms with Gasteiger partial charge in [-0.3, -0.25) is 0 Å². The quantitative estimate of drug-likeness (QED) is 0.394. The van der Waals surface area contributed by atoms with E-state index in [1.165, 1.54) is 70.6 Å². The third kappa shape index (κ3) is 3.28. The maximum absolute atomic E-state index is 2.77. The van der Waals surface area contributed by atoms with Gasteiger partial charge in [-0.1, -0.05) is 72.0 Å². The lowest BCUT2D eigenvalue weighted by Crippen LogP contribution is -2.56. The molecule has 4 aliphatic rings. The number of allylic oxidation sites excluding steroid dienone is 2. The van der Waals surface area contributed by atoms with Gasteiger partial charge in [0.05, 0.1) is 0 Å². The van der Waals surface area contributed by atoms with E-state index in [0.717, 1.165) is 35.5 Å². The van der Waals surface area contributed by atoms with Gasteiger partial charge in [0.2, 0.25) is 0 Å². The molecule has 0 nitrogen and oxygen atoms in total. The lowest BCUT2D eigenvalue weighted by Gasteiger charge is -2.63. The fourth-order valence-corrected chi connectivity index (χ4v) is 9.98. The lowest BCUT2D eigenvalue weighted by atomic mass is 9.42. The second kappa shape index (κ2) is 7.95. The molecule has 4 saturated carbocycles. The Morgan fingerprint density at radius 2 is 1.53 bits per heavy atom. The highest BCUT2D eigenvalue weighted by atomic mass is 14.7. The Hall–Kier alpha value is -0.260. The Labute approximate surface area is 189 Å². The minimum Gasteiger partial charge on any atom is -0.0769 e. The molecule has 0 radical (unpaired) electrons. The molecule has 0 aliphatic heterocycles. The fraction of sp³-hybridized carbons (Fsp3) is 0.933. The number of hydrogen-bond donors (Lipinski definition) is 0. The van der Waals surface area contributed by atoms with Gasteiger partial charge >= 0.3 is 0 Å². The second-order valence-electron chi connectivity index (χ2n) is 13.7. The highest BCUT2D eigenvalue weighted by molar-refractivity contribution is 5.26. The van der Waals surface area contributed by atoms with Crippen LogP contribution in [0.25, 0.3) is 0 Å². The third-order valence-corrected chi connectivity index (χ3v) is 11.9. The van der Waals surface area contributed by atoms with E-state index in [-0.39, 0.29) is 0 Å². The van der Waals surface area contributed by atoms with E-state index in [0.29, 0.717) is 16.2 Å². The normalized spacial score (nSPS) is 46.5. The van der Waals surface area contributed by atoms with Crippen molar-refractivity contribution in [2.75, 3.05) is 0 Å². The summed E-state index contributed by atoms with van der Waals surface area (Å²) >= 11 is 0. The zero-order valence-electron chi connectivity index (χ0n) is 21.7. The Morgan fingerprint density at radius 1 is 0.833 bits per heavy atom. The lowest BCUT2D eigenvalue weighted by molar-refractivity contribution is -0.138. The highest BCUT2D eigenvalue weighted by Gasteiger charge is 2.66. The molecular formula is C30H52. The molecule has 0 spiro atoms. The summed E-state index contributed by atoms with van der Waals surface area (Å²) in [7, 11) is 0. The summed E-state index contributed by atoms with van der Waals surface area (Å²) < 4.78 is 0. The Morgan fingerprint density at radius 3 is 2.20 bits per heavy atom. The van der Waals surface area contributed by atoms with Gasteiger partial charge in [0.25, 0.3) is 0 Å². The van der Waals surface area contributed by atoms with Crippen molar-refractivity contribution in [2.24, 2.45) is 51.8 Å². The van der Waals surface area contributed by atoms with Crippen LogP contribution in [0.4, 0.5) is 0 Å². The number of rotatable bonds is 5. The molecule has 0 heteroatoms. The van der Waals surface area contributed by atoms with Crippen LogP contribution in [0.3, 0.4) is 0 Å². The van der Waals surface area contributed by atoms with Crippen molar-refractivity contribution in [1.82, 2.24) is 0 Å². The first-order valence-corrected chi connectivity index (χ1v) is 13.7. The molecule has 4 fully saturated rings. The molecule has 4 rings (SSSR count). The summed E-state index contributed by atoms with van der Waals surface area (Å²) in [5, 5.41) is 0. The largest absolute Gasteiger partial charge is 0.0769 e. The van der Waals surface area contributed by atoms with Gasteiger partial charge in [-0.25, -0.2) is 0 Å². The smallest absolute Gasteiger partial charge is 0.0144 e. The van der Waals surface area contributed by atoms with Crippen LogP contribution in [0.1, 0.15) is 126 Å². The molecule has 8 atom stereocenters. The molecule has 0 heterocycles. The van der Waals surface area contributed by atoms with E-state index in [9.17, 15) is 0 Å². The van der Waals surface area contributed by atoms with E-state index < -0.39 is 0 Å². The summed E-state index contributed by atoms with van der Waals surface area (Å²) in [6, 6.07) is 0. The summed E-state index contributed by atoms with van der Waals surface area (Å²) in [6.07, 6.45) is 16.3. The summed E-state index contributed by atoms with van der Waals surface area (Å²) in [6.45, 7) is 20.4. The van der Waals surface area contributed by atoms with Crippen molar-refractivity contribution >= 4 is 0 Å². The first-order chi connectivity index (χ1) is 14.0. The van der Waals surface area contributed by atoms with E-state index in [1.807, 2.05) is 5.57 Å². The molecular weight excluding hydrogens is 360 g/mol. The molecule has 8 unspecified atom stereocenters. The van der Waals surface area contributed by atoms with Gasteiger partial charge in [-0.05, 0) is 117 Å². The predicted molar refractivity (Wildman–Crippen MR) is 131 cm³/mol. The third-order valence-electron chi connectivity index (χ3n) is 11.9. The maximum Gasteiger partial charge on any atom is -0.0144 e. The van der Waals surface area contributed by atoms with Gasteiger partial charge in [0.1, 0.15) is 0 Å². The SMILES string of the molecule is CC(C)=C1CCC2(C)C1CCC1C2CCC2(C)C(C(C)CCCC(C)C)CCC12C. The van der Waals surface area contributed by atoms with Crippen LogP contribution in [0.15, 0.2) is 11.1 Å². The fourth-order valence-electron chi connectivity index (χ4n) is 9.98. The minimum absolute atomic E-state index is 0.590. The van der Waals surface area contributed by atoms with Crippen LogP contribution in [-0.4, -0.2) is 0 Å². The van der Waals surface area contributed by atoms with Gasteiger partial charge in [0, 0.05) is 0 Å². The van der Waals surface area contributed by atoms with Gasteiger partial charge in [-0.2, -0.15) is 0 Å². The average molecular weight is 413 g/mol. The summed E-state index contributed by atoms with van der Waals surface area (Å²) in [5.74, 6) is 5.64. The van der Waals surface area contributed by atoms with Crippen molar-refractivity contribution < 1.29 is 0 Å². The topological polar surface area (TPSA) is 0 Å². The van der Waals surface area contributed by atoms with Gasteiger partial charge in [-0.15, -0.1) is 0 Å². The first kappa shape index (κ1) is 22.9. The number of fused-ring (bicyclic) bond motifs is 5. The van der Waals surface area contributed by atoms with E-state index >= 15 is 0 Å². The van der Waals surface area contributed by atoms with Crippen molar-refractivity contribution in [3.63, 3.8) is 0 Å². The number of hydrogen-bond acceptors (Lipinski definition) is 0. The van der Waals surface area contributed by atoms with E-state index in [2.05, 4.69) is 55.4 Å².